The van der Waals surface area contributed by atoms with Crippen molar-refractivity contribution in [2.75, 3.05) is 13.2 Å². The zero-order chi connectivity index (χ0) is 18.7. The normalized spacial score (nSPS) is 21.4. The first-order chi connectivity index (χ1) is 11.9. The van der Waals surface area contributed by atoms with Crippen molar-refractivity contribution in [1.29, 1.82) is 0 Å². The zero-order valence-corrected chi connectivity index (χ0v) is 16.8. The molecule has 1 aliphatic carbocycles. The average Bonchev–Trinajstić information content (AvgIpc) is 2.57. The maximum absolute atomic E-state index is 12.2. The monoisotopic (exact) mass is 354 g/mol. The van der Waals surface area contributed by atoms with E-state index in [-0.39, 0.29) is 29.2 Å². The van der Waals surface area contributed by atoms with Gasteiger partial charge in [0.15, 0.2) is 0 Å². The molecule has 25 heavy (non-hydrogen) atoms. The minimum absolute atomic E-state index is 0.0824. The largest absolute Gasteiger partial charge is 0.466 e. The number of esters is 2. The van der Waals surface area contributed by atoms with Gasteiger partial charge in [0.05, 0.1) is 19.1 Å². The third kappa shape index (κ3) is 7.37. The molecular weight excluding hydrogens is 316 g/mol. The highest BCUT2D eigenvalue weighted by atomic mass is 16.5. The lowest BCUT2D eigenvalue weighted by molar-refractivity contribution is -0.170. The second-order valence-corrected chi connectivity index (χ2v) is 8.02. The third-order valence-electron chi connectivity index (χ3n) is 5.67. The number of unbranched alkanes of at least 4 members (excludes halogenated alkanes) is 6. The Morgan fingerprint density at radius 1 is 0.880 bits per heavy atom. The van der Waals surface area contributed by atoms with Crippen molar-refractivity contribution in [2.45, 2.75) is 91.9 Å². The standard InChI is InChI=1S/C21H38O4/c1-5-7-9-11-13-24-19(22)16-17-15-18(21(17,3)4)20(23)25-14-12-10-8-6-2/h17-18H,5-16H2,1-4H3/t17-,18+/m0/s1. The molecule has 0 aromatic rings. The molecule has 0 aliphatic heterocycles. The molecule has 0 spiro atoms. The number of rotatable bonds is 13. The van der Waals surface area contributed by atoms with Gasteiger partial charge in [0.25, 0.3) is 0 Å². The van der Waals surface area contributed by atoms with Crippen LogP contribution in [-0.2, 0) is 19.1 Å². The van der Waals surface area contributed by atoms with Gasteiger partial charge in [-0.15, -0.1) is 0 Å². The Morgan fingerprint density at radius 2 is 1.44 bits per heavy atom. The fourth-order valence-electron chi connectivity index (χ4n) is 3.54. The van der Waals surface area contributed by atoms with Crippen molar-refractivity contribution >= 4 is 11.9 Å². The summed E-state index contributed by atoms with van der Waals surface area (Å²) in [5, 5.41) is 0. The van der Waals surface area contributed by atoms with E-state index in [1.165, 1.54) is 25.7 Å². The van der Waals surface area contributed by atoms with E-state index in [0.29, 0.717) is 19.6 Å². The van der Waals surface area contributed by atoms with Crippen LogP contribution in [0.2, 0.25) is 0 Å². The molecule has 0 aromatic carbocycles. The number of carbonyl (C=O) groups is 2. The van der Waals surface area contributed by atoms with Crippen molar-refractivity contribution in [3.05, 3.63) is 0 Å². The summed E-state index contributed by atoms with van der Waals surface area (Å²) < 4.78 is 10.8. The van der Waals surface area contributed by atoms with E-state index in [1.54, 1.807) is 0 Å². The highest BCUT2D eigenvalue weighted by molar-refractivity contribution is 5.76. The summed E-state index contributed by atoms with van der Waals surface area (Å²) >= 11 is 0. The summed E-state index contributed by atoms with van der Waals surface area (Å²) in [6, 6.07) is 0. The summed E-state index contributed by atoms with van der Waals surface area (Å²) in [6.45, 7) is 9.51. The molecule has 0 heterocycles. The molecule has 1 fully saturated rings. The van der Waals surface area contributed by atoms with E-state index in [9.17, 15) is 9.59 Å². The van der Waals surface area contributed by atoms with Gasteiger partial charge in [-0.1, -0.05) is 66.2 Å². The molecule has 1 saturated carbocycles. The lowest BCUT2D eigenvalue weighted by Gasteiger charge is -2.50. The van der Waals surface area contributed by atoms with Gasteiger partial charge < -0.3 is 9.47 Å². The lowest BCUT2D eigenvalue weighted by atomic mass is 9.54. The van der Waals surface area contributed by atoms with Gasteiger partial charge in [0.1, 0.15) is 0 Å². The highest BCUT2D eigenvalue weighted by Gasteiger charge is 2.53. The predicted octanol–water partition coefficient (Wildman–Crippen LogP) is 5.29. The first kappa shape index (κ1) is 22.0. The second kappa shape index (κ2) is 11.5. The first-order valence-corrected chi connectivity index (χ1v) is 10.3. The summed E-state index contributed by atoms with van der Waals surface area (Å²) in [4.78, 5) is 24.2. The Labute approximate surface area is 154 Å². The molecule has 0 amide bonds. The van der Waals surface area contributed by atoms with Crippen LogP contribution in [0.4, 0.5) is 0 Å². The van der Waals surface area contributed by atoms with Crippen LogP contribution in [0.1, 0.15) is 91.9 Å². The van der Waals surface area contributed by atoms with Crippen molar-refractivity contribution in [2.24, 2.45) is 17.3 Å². The summed E-state index contributed by atoms with van der Waals surface area (Å²) in [6.07, 6.45) is 10.0. The predicted molar refractivity (Wildman–Crippen MR) is 100 cm³/mol. The van der Waals surface area contributed by atoms with E-state index in [1.807, 2.05) is 0 Å². The minimum Gasteiger partial charge on any atom is -0.466 e. The van der Waals surface area contributed by atoms with Crippen LogP contribution in [0.25, 0.3) is 0 Å². The maximum atomic E-state index is 12.2. The fraction of sp³-hybridized carbons (Fsp3) is 0.905. The number of ether oxygens (including phenoxy) is 2. The SMILES string of the molecule is CCCCCCOC(=O)C[C@@H]1C[C@H](C(=O)OCCCCCC)C1(C)C. The van der Waals surface area contributed by atoms with E-state index in [0.717, 1.165) is 32.1 Å². The first-order valence-electron chi connectivity index (χ1n) is 10.3. The fourth-order valence-corrected chi connectivity index (χ4v) is 3.54. The van der Waals surface area contributed by atoms with E-state index < -0.39 is 0 Å². The number of carbonyl (C=O) groups excluding carboxylic acids is 2. The molecule has 2 atom stereocenters. The van der Waals surface area contributed by atoms with Gasteiger partial charge in [-0.05, 0) is 30.6 Å². The Balaban J connectivity index is 2.23. The summed E-state index contributed by atoms with van der Waals surface area (Å²) in [5.74, 6) is -0.0825. The van der Waals surface area contributed by atoms with Gasteiger partial charge in [-0.25, -0.2) is 0 Å². The Morgan fingerprint density at radius 3 is 1.96 bits per heavy atom. The Bertz CT molecular complexity index is 403. The topological polar surface area (TPSA) is 52.6 Å². The average molecular weight is 355 g/mol. The Kier molecular flexibility index (Phi) is 10.1. The summed E-state index contributed by atoms with van der Waals surface area (Å²) in [7, 11) is 0. The van der Waals surface area contributed by atoms with E-state index in [2.05, 4.69) is 27.7 Å². The van der Waals surface area contributed by atoms with Gasteiger partial charge in [-0.3, -0.25) is 9.59 Å². The molecule has 1 aliphatic rings. The molecule has 0 bridgehead atoms. The molecule has 1 rings (SSSR count). The molecule has 0 aromatic heterocycles. The number of hydrogen-bond donors (Lipinski definition) is 0. The van der Waals surface area contributed by atoms with Crippen molar-refractivity contribution in [1.82, 2.24) is 0 Å². The Hall–Kier alpha value is -1.06. The number of hydrogen-bond acceptors (Lipinski definition) is 4. The van der Waals surface area contributed by atoms with Crippen LogP contribution in [-0.4, -0.2) is 25.2 Å². The van der Waals surface area contributed by atoms with Crippen molar-refractivity contribution < 1.29 is 19.1 Å². The van der Waals surface area contributed by atoms with Crippen LogP contribution in [0.15, 0.2) is 0 Å². The van der Waals surface area contributed by atoms with Crippen LogP contribution in [0.3, 0.4) is 0 Å². The second-order valence-electron chi connectivity index (χ2n) is 8.02. The summed E-state index contributed by atoms with van der Waals surface area (Å²) in [5.41, 5.74) is -0.179. The van der Waals surface area contributed by atoms with Crippen LogP contribution >= 0.6 is 0 Å². The molecule has 4 heteroatoms. The van der Waals surface area contributed by atoms with Gasteiger partial charge in [0.2, 0.25) is 0 Å². The van der Waals surface area contributed by atoms with Crippen LogP contribution < -0.4 is 0 Å². The zero-order valence-electron chi connectivity index (χ0n) is 16.8. The molecular formula is C21H38O4. The lowest BCUT2D eigenvalue weighted by Crippen LogP contribution is -2.50. The quantitative estimate of drug-likeness (QED) is 0.333. The maximum Gasteiger partial charge on any atom is 0.309 e. The van der Waals surface area contributed by atoms with Crippen LogP contribution in [0, 0.1) is 17.3 Å². The highest BCUT2D eigenvalue weighted by Crippen LogP contribution is 2.53. The molecule has 146 valence electrons. The van der Waals surface area contributed by atoms with Gasteiger partial charge in [-0.2, -0.15) is 0 Å². The van der Waals surface area contributed by atoms with Gasteiger partial charge in [0, 0.05) is 6.42 Å². The molecule has 0 radical (unpaired) electrons. The third-order valence-corrected chi connectivity index (χ3v) is 5.67. The van der Waals surface area contributed by atoms with Crippen molar-refractivity contribution in [3.8, 4) is 0 Å². The minimum atomic E-state index is -0.179. The molecule has 4 nitrogen and oxygen atoms in total. The molecule has 0 saturated heterocycles. The van der Waals surface area contributed by atoms with Crippen molar-refractivity contribution in [3.63, 3.8) is 0 Å². The van der Waals surface area contributed by atoms with Gasteiger partial charge >= 0.3 is 11.9 Å². The smallest absolute Gasteiger partial charge is 0.309 e. The van der Waals surface area contributed by atoms with Crippen LogP contribution in [0.5, 0.6) is 0 Å². The molecule has 0 unspecified atom stereocenters. The van der Waals surface area contributed by atoms with E-state index >= 15 is 0 Å². The molecule has 0 N–H and O–H groups in total. The van der Waals surface area contributed by atoms with E-state index in [4.69, 9.17) is 9.47 Å².